The van der Waals surface area contributed by atoms with Crippen molar-refractivity contribution >= 4 is 11.9 Å². The quantitative estimate of drug-likeness (QED) is 0.887. The van der Waals surface area contributed by atoms with Gasteiger partial charge < -0.3 is 19.7 Å². The highest BCUT2D eigenvalue weighted by molar-refractivity contribution is 5.99. The largest absolute Gasteiger partial charge is 0.479 e. The summed E-state index contributed by atoms with van der Waals surface area (Å²) in [5.41, 5.74) is 1.27. The monoisotopic (exact) mass is 334 g/mol. The number of amides is 1. The van der Waals surface area contributed by atoms with E-state index in [-0.39, 0.29) is 12.5 Å². The zero-order valence-corrected chi connectivity index (χ0v) is 14.4. The van der Waals surface area contributed by atoms with Gasteiger partial charge in [0.1, 0.15) is 0 Å². The number of hydrogen-bond acceptors (Lipinski definition) is 3. The average molecular weight is 334 g/mol. The summed E-state index contributed by atoms with van der Waals surface area (Å²) < 4.78 is 7.47. The molecular weight excluding hydrogens is 308 g/mol. The zero-order valence-electron chi connectivity index (χ0n) is 14.4. The lowest BCUT2D eigenvalue weighted by atomic mass is 9.95. The van der Waals surface area contributed by atoms with Gasteiger partial charge in [0.2, 0.25) is 0 Å². The SMILES string of the molecule is Cc1cc(C(=O)NC2(C(=O)O)CCOC2)c(C)n1C1CCCCC1. The van der Waals surface area contributed by atoms with Gasteiger partial charge in [-0.3, -0.25) is 4.79 Å². The van der Waals surface area contributed by atoms with Gasteiger partial charge in [-0.25, -0.2) is 4.79 Å². The topological polar surface area (TPSA) is 80.6 Å². The minimum atomic E-state index is -1.30. The fourth-order valence-corrected chi connectivity index (χ4v) is 4.08. The number of carboxylic acids is 1. The van der Waals surface area contributed by atoms with E-state index in [4.69, 9.17) is 4.74 Å². The standard InChI is InChI=1S/C18H26N2O4/c1-12-10-15(13(2)20(12)14-6-4-3-5-7-14)16(21)19-18(17(22)23)8-9-24-11-18/h10,14H,3-9,11H2,1-2H3,(H,19,21)(H,22,23). The van der Waals surface area contributed by atoms with Gasteiger partial charge in [-0.2, -0.15) is 0 Å². The summed E-state index contributed by atoms with van der Waals surface area (Å²) in [4.78, 5) is 24.3. The summed E-state index contributed by atoms with van der Waals surface area (Å²) in [5, 5.41) is 12.2. The number of nitrogens with one attached hydrogen (secondary N) is 1. The summed E-state index contributed by atoms with van der Waals surface area (Å²) in [7, 11) is 0. The van der Waals surface area contributed by atoms with Crippen LogP contribution in [0, 0.1) is 13.8 Å². The van der Waals surface area contributed by atoms with Gasteiger partial charge in [-0.15, -0.1) is 0 Å². The molecule has 2 fully saturated rings. The molecule has 24 heavy (non-hydrogen) atoms. The van der Waals surface area contributed by atoms with Crippen molar-refractivity contribution in [2.75, 3.05) is 13.2 Å². The maximum absolute atomic E-state index is 12.7. The van der Waals surface area contributed by atoms with Crippen molar-refractivity contribution in [3.8, 4) is 0 Å². The molecule has 0 radical (unpaired) electrons. The Bertz CT molecular complexity index is 638. The number of carboxylic acid groups (broad SMARTS) is 1. The maximum atomic E-state index is 12.7. The van der Waals surface area contributed by atoms with E-state index in [1.165, 1.54) is 19.3 Å². The van der Waals surface area contributed by atoms with Crippen LogP contribution in [0.1, 0.15) is 66.3 Å². The first-order valence-electron chi connectivity index (χ1n) is 8.77. The highest BCUT2D eigenvalue weighted by atomic mass is 16.5. The lowest BCUT2D eigenvalue weighted by Gasteiger charge is -2.27. The van der Waals surface area contributed by atoms with Gasteiger partial charge in [0.15, 0.2) is 5.54 Å². The normalized spacial score (nSPS) is 24.9. The molecule has 1 atom stereocenters. The van der Waals surface area contributed by atoms with Crippen molar-refractivity contribution < 1.29 is 19.4 Å². The Hall–Kier alpha value is -1.82. The lowest BCUT2D eigenvalue weighted by Crippen LogP contribution is -2.55. The molecule has 132 valence electrons. The predicted molar refractivity (Wildman–Crippen MR) is 89.3 cm³/mol. The van der Waals surface area contributed by atoms with Crippen LogP contribution < -0.4 is 5.32 Å². The number of ether oxygens (including phenoxy) is 1. The number of hydrogen-bond donors (Lipinski definition) is 2. The highest BCUT2D eigenvalue weighted by Gasteiger charge is 2.44. The number of aromatic nitrogens is 1. The Labute approximate surface area is 142 Å². The Morgan fingerprint density at radius 3 is 2.58 bits per heavy atom. The van der Waals surface area contributed by atoms with Crippen molar-refractivity contribution in [3.05, 3.63) is 23.0 Å². The molecule has 1 unspecified atom stereocenters. The molecule has 6 heteroatoms. The van der Waals surface area contributed by atoms with Crippen LogP contribution >= 0.6 is 0 Å². The van der Waals surface area contributed by atoms with Crippen LogP contribution in [0.3, 0.4) is 0 Å². The van der Waals surface area contributed by atoms with Crippen LogP contribution in [-0.2, 0) is 9.53 Å². The molecule has 2 heterocycles. The first kappa shape index (κ1) is 17.0. The number of aryl methyl sites for hydroxylation is 1. The van der Waals surface area contributed by atoms with Crippen LogP contribution in [0.5, 0.6) is 0 Å². The molecular formula is C18H26N2O4. The smallest absolute Gasteiger partial charge is 0.331 e. The van der Waals surface area contributed by atoms with Crippen molar-refractivity contribution in [3.63, 3.8) is 0 Å². The summed E-state index contributed by atoms with van der Waals surface area (Å²) in [6, 6.07) is 2.33. The van der Waals surface area contributed by atoms with E-state index in [2.05, 4.69) is 9.88 Å². The summed E-state index contributed by atoms with van der Waals surface area (Å²) in [6.45, 7) is 4.35. The molecule has 1 aliphatic carbocycles. The third-order valence-electron chi connectivity index (χ3n) is 5.45. The molecule has 2 N–H and O–H groups in total. The van der Waals surface area contributed by atoms with Crippen molar-refractivity contribution in [2.24, 2.45) is 0 Å². The number of aliphatic carboxylic acids is 1. The second-order valence-corrected chi connectivity index (χ2v) is 7.09. The van der Waals surface area contributed by atoms with Gasteiger partial charge >= 0.3 is 5.97 Å². The maximum Gasteiger partial charge on any atom is 0.331 e. The molecule has 1 saturated heterocycles. The van der Waals surface area contributed by atoms with Crippen LogP contribution in [0.15, 0.2) is 6.07 Å². The fourth-order valence-electron chi connectivity index (χ4n) is 4.08. The van der Waals surface area contributed by atoms with E-state index < -0.39 is 11.5 Å². The van der Waals surface area contributed by atoms with Gasteiger partial charge in [0.25, 0.3) is 5.91 Å². The summed E-state index contributed by atoms with van der Waals surface area (Å²) in [6.07, 6.45) is 6.32. The zero-order chi connectivity index (χ0) is 17.3. The van der Waals surface area contributed by atoms with E-state index in [0.29, 0.717) is 24.6 Å². The lowest BCUT2D eigenvalue weighted by molar-refractivity contribution is -0.144. The molecule has 1 aromatic rings. The molecule has 0 spiro atoms. The molecule has 0 bridgehead atoms. The minimum Gasteiger partial charge on any atom is -0.479 e. The number of carbonyl (C=O) groups excluding carboxylic acids is 1. The van der Waals surface area contributed by atoms with Gasteiger partial charge in [-0.05, 0) is 32.8 Å². The molecule has 6 nitrogen and oxygen atoms in total. The van der Waals surface area contributed by atoms with E-state index in [9.17, 15) is 14.7 Å². The minimum absolute atomic E-state index is 0.0233. The van der Waals surface area contributed by atoms with Gasteiger partial charge in [0.05, 0.1) is 12.2 Å². The molecule has 1 aliphatic heterocycles. The van der Waals surface area contributed by atoms with Gasteiger partial charge in [-0.1, -0.05) is 19.3 Å². The fraction of sp³-hybridized carbons (Fsp3) is 0.667. The molecule has 1 aromatic heterocycles. The van der Waals surface area contributed by atoms with Crippen molar-refractivity contribution in [1.82, 2.24) is 9.88 Å². The van der Waals surface area contributed by atoms with Crippen molar-refractivity contribution in [2.45, 2.75) is 64.0 Å². The number of carbonyl (C=O) groups is 2. The average Bonchev–Trinajstić information content (AvgIpc) is 3.14. The molecule has 1 saturated carbocycles. The van der Waals surface area contributed by atoms with Crippen LogP contribution in [0.4, 0.5) is 0 Å². The number of rotatable bonds is 4. The van der Waals surface area contributed by atoms with E-state index in [1.54, 1.807) is 0 Å². The third-order valence-corrected chi connectivity index (χ3v) is 5.45. The molecule has 3 rings (SSSR count). The first-order valence-corrected chi connectivity index (χ1v) is 8.77. The first-order chi connectivity index (χ1) is 11.4. The molecule has 0 aromatic carbocycles. The van der Waals surface area contributed by atoms with Crippen molar-refractivity contribution in [1.29, 1.82) is 0 Å². The van der Waals surface area contributed by atoms with E-state index in [1.807, 2.05) is 19.9 Å². The van der Waals surface area contributed by atoms with Gasteiger partial charge in [0, 0.05) is 30.5 Å². The Kier molecular flexibility index (Phi) is 4.67. The molecule has 1 amide bonds. The van der Waals surface area contributed by atoms with Crippen LogP contribution in [0.2, 0.25) is 0 Å². The Morgan fingerprint density at radius 1 is 1.29 bits per heavy atom. The van der Waals surface area contributed by atoms with E-state index in [0.717, 1.165) is 24.2 Å². The molecule has 2 aliphatic rings. The number of nitrogens with zero attached hydrogens (tertiary/aromatic N) is 1. The third kappa shape index (κ3) is 2.95. The van der Waals surface area contributed by atoms with Crippen LogP contribution in [0.25, 0.3) is 0 Å². The summed E-state index contributed by atoms with van der Waals surface area (Å²) >= 11 is 0. The van der Waals surface area contributed by atoms with E-state index >= 15 is 0 Å². The second-order valence-electron chi connectivity index (χ2n) is 7.09. The predicted octanol–water partition coefficient (Wildman–Crippen LogP) is 2.58. The Balaban J connectivity index is 1.84. The highest BCUT2D eigenvalue weighted by Crippen LogP contribution is 2.32. The Morgan fingerprint density at radius 2 is 2.00 bits per heavy atom. The van der Waals surface area contributed by atoms with Crippen LogP contribution in [-0.4, -0.2) is 40.3 Å². The second kappa shape index (κ2) is 6.59. The summed E-state index contributed by atoms with van der Waals surface area (Å²) in [5.74, 6) is -1.35.